The van der Waals surface area contributed by atoms with Crippen LogP contribution < -0.4 is 0 Å². The standard InChI is InChI=1S/C16H21FN2O2/c1-16(2,3)21-15(20)19-11-5-6-13(19)12(8-11)10-4-7-14(17)18-9-10/h4,7,9,11-13H,5-6,8H2,1-3H3/t11-,12-,13+/m0/s1. The van der Waals surface area contributed by atoms with Crippen molar-refractivity contribution < 1.29 is 13.9 Å². The topological polar surface area (TPSA) is 42.4 Å². The highest BCUT2D eigenvalue weighted by molar-refractivity contribution is 5.70. The minimum atomic E-state index is -0.480. The fraction of sp³-hybridized carbons (Fsp3) is 0.625. The summed E-state index contributed by atoms with van der Waals surface area (Å²) in [5.74, 6) is -0.227. The summed E-state index contributed by atoms with van der Waals surface area (Å²) in [5, 5.41) is 0. The molecule has 2 bridgehead atoms. The van der Waals surface area contributed by atoms with Crippen molar-refractivity contribution in [2.75, 3.05) is 0 Å². The Bertz CT molecular complexity index is 538. The van der Waals surface area contributed by atoms with Gasteiger partial charge in [-0.25, -0.2) is 9.78 Å². The van der Waals surface area contributed by atoms with E-state index in [-0.39, 0.29) is 24.1 Å². The lowest BCUT2D eigenvalue weighted by atomic mass is 9.85. The Kier molecular flexibility index (Phi) is 3.38. The maximum absolute atomic E-state index is 13.0. The summed E-state index contributed by atoms with van der Waals surface area (Å²) in [4.78, 5) is 18.0. The molecule has 5 heteroatoms. The lowest BCUT2D eigenvalue weighted by molar-refractivity contribution is 0.0213. The van der Waals surface area contributed by atoms with Crippen LogP contribution in [0.1, 0.15) is 51.5 Å². The van der Waals surface area contributed by atoms with Gasteiger partial charge in [0.25, 0.3) is 0 Å². The normalized spacial score (nSPS) is 28.0. The molecule has 2 fully saturated rings. The Morgan fingerprint density at radius 1 is 1.38 bits per heavy atom. The Morgan fingerprint density at radius 3 is 2.76 bits per heavy atom. The summed E-state index contributed by atoms with van der Waals surface area (Å²) in [6, 6.07) is 3.55. The third kappa shape index (κ3) is 2.74. The zero-order valence-corrected chi connectivity index (χ0v) is 12.7. The third-order valence-corrected chi connectivity index (χ3v) is 4.32. The van der Waals surface area contributed by atoms with Crippen LogP contribution in [0.25, 0.3) is 0 Å². The van der Waals surface area contributed by atoms with Gasteiger partial charge in [-0.05, 0) is 51.7 Å². The van der Waals surface area contributed by atoms with Crippen LogP contribution in [0.3, 0.4) is 0 Å². The second-order valence-electron chi connectivity index (χ2n) is 6.94. The van der Waals surface area contributed by atoms with Crippen molar-refractivity contribution in [3.05, 3.63) is 29.8 Å². The molecular weight excluding hydrogens is 271 g/mol. The van der Waals surface area contributed by atoms with E-state index in [1.807, 2.05) is 25.7 Å². The van der Waals surface area contributed by atoms with Gasteiger partial charge in [0.2, 0.25) is 5.95 Å². The molecule has 1 amide bonds. The molecule has 2 saturated heterocycles. The number of hydrogen-bond donors (Lipinski definition) is 0. The molecule has 2 aliphatic rings. The molecule has 0 radical (unpaired) electrons. The van der Waals surface area contributed by atoms with Gasteiger partial charge in [0.1, 0.15) is 5.60 Å². The molecule has 3 rings (SSSR count). The number of carbonyl (C=O) groups excluding carboxylic acids is 1. The summed E-state index contributed by atoms with van der Waals surface area (Å²) in [5.41, 5.74) is 0.531. The second-order valence-corrected chi connectivity index (χ2v) is 6.94. The number of aromatic nitrogens is 1. The lowest BCUT2D eigenvalue weighted by Crippen LogP contribution is -2.40. The molecule has 1 aromatic rings. The Morgan fingerprint density at radius 2 is 2.14 bits per heavy atom. The summed E-state index contributed by atoms with van der Waals surface area (Å²) >= 11 is 0. The first-order chi connectivity index (χ1) is 9.85. The first-order valence-corrected chi connectivity index (χ1v) is 7.48. The van der Waals surface area contributed by atoms with Crippen LogP contribution in [0, 0.1) is 5.95 Å². The molecule has 2 aliphatic heterocycles. The SMILES string of the molecule is CC(C)(C)OC(=O)N1[C@H]2CC[C@@H]1[C@H](c1ccc(F)nc1)C2. The maximum Gasteiger partial charge on any atom is 0.410 e. The van der Waals surface area contributed by atoms with E-state index in [4.69, 9.17) is 4.74 Å². The van der Waals surface area contributed by atoms with Crippen molar-refractivity contribution in [2.45, 2.75) is 63.6 Å². The summed E-state index contributed by atoms with van der Waals surface area (Å²) < 4.78 is 18.5. The summed E-state index contributed by atoms with van der Waals surface area (Å²) in [6.07, 6.45) is 4.28. The molecule has 3 heterocycles. The van der Waals surface area contributed by atoms with Gasteiger partial charge in [0.05, 0.1) is 0 Å². The molecule has 1 aromatic heterocycles. The number of hydrogen-bond acceptors (Lipinski definition) is 3. The van der Waals surface area contributed by atoms with Crippen LogP contribution in [-0.4, -0.2) is 33.7 Å². The predicted molar refractivity (Wildman–Crippen MR) is 76.4 cm³/mol. The average Bonchev–Trinajstić information content (AvgIpc) is 2.95. The molecule has 0 unspecified atom stereocenters. The van der Waals surface area contributed by atoms with Crippen LogP contribution in [0.4, 0.5) is 9.18 Å². The fourth-order valence-corrected chi connectivity index (χ4v) is 3.55. The van der Waals surface area contributed by atoms with E-state index in [1.165, 1.54) is 6.07 Å². The first kappa shape index (κ1) is 14.3. The highest BCUT2D eigenvalue weighted by Gasteiger charge is 2.50. The Balaban J connectivity index is 1.78. The smallest absolute Gasteiger partial charge is 0.410 e. The molecule has 0 aromatic carbocycles. The van der Waals surface area contributed by atoms with Gasteiger partial charge in [-0.1, -0.05) is 6.07 Å². The van der Waals surface area contributed by atoms with Crippen LogP contribution in [-0.2, 0) is 4.74 Å². The Hall–Kier alpha value is -1.65. The minimum Gasteiger partial charge on any atom is -0.444 e. The predicted octanol–water partition coefficient (Wildman–Crippen LogP) is 3.48. The molecule has 0 N–H and O–H groups in total. The number of pyridine rings is 1. The quantitative estimate of drug-likeness (QED) is 0.744. The van der Waals surface area contributed by atoms with E-state index < -0.39 is 11.5 Å². The van der Waals surface area contributed by atoms with Crippen LogP contribution in [0.5, 0.6) is 0 Å². The first-order valence-electron chi connectivity index (χ1n) is 7.48. The Labute approximate surface area is 124 Å². The van der Waals surface area contributed by atoms with Crippen molar-refractivity contribution in [2.24, 2.45) is 0 Å². The third-order valence-electron chi connectivity index (χ3n) is 4.32. The molecular formula is C16H21FN2O2. The van der Waals surface area contributed by atoms with Crippen molar-refractivity contribution in [3.8, 4) is 0 Å². The highest BCUT2D eigenvalue weighted by atomic mass is 19.1. The molecule has 3 atom stereocenters. The molecule has 4 nitrogen and oxygen atoms in total. The van der Waals surface area contributed by atoms with Crippen molar-refractivity contribution in [1.82, 2.24) is 9.88 Å². The van der Waals surface area contributed by atoms with E-state index in [9.17, 15) is 9.18 Å². The summed E-state index contributed by atoms with van der Waals surface area (Å²) in [6.45, 7) is 5.64. The number of rotatable bonds is 1. The fourth-order valence-electron chi connectivity index (χ4n) is 3.55. The van der Waals surface area contributed by atoms with Gasteiger partial charge in [0.15, 0.2) is 0 Å². The van der Waals surface area contributed by atoms with Gasteiger partial charge < -0.3 is 9.64 Å². The van der Waals surface area contributed by atoms with E-state index in [1.54, 1.807) is 12.3 Å². The number of amides is 1. The van der Waals surface area contributed by atoms with E-state index >= 15 is 0 Å². The zero-order valence-electron chi connectivity index (χ0n) is 12.7. The number of nitrogens with zero attached hydrogens (tertiary/aromatic N) is 2. The van der Waals surface area contributed by atoms with Crippen LogP contribution in [0.2, 0.25) is 0 Å². The van der Waals surface area contributed by atoms with Crippen LogP contribution in [0.15, 0.2) is 18.3 Å². The second kappa shape index (κ2) is 4.97. The molecule has 114 valence electrons. The average molecular weight is 292 g/mol. The van der Waals surface area contributed by atoms with E-state index in [2.05, 4.69) is 4.98 Å². The molecule has 0 spiro atoms. The monoisotopic (exact) mass is 292 g/mol. The molecule has 21 heavy (non-hydrogen) atoms. The largest absolute Gasteiger partial charge is 0.444 e. The molecule has 0 aliphatic carbocycles. The number of halogens is 1. The van der Waals surface area contributed by atoms with Gasteiger partial charge >= 0.3 is 6.09 Å². The maximum atomic E-state index is 13.0. The van der Waals surface area contributed by atoms with E-state index in [0.717, 1.165) is 24.8 Å². The zero-order chi connectivity index (χ0) is 15.2. The van der Waals surface area contributed by atoms with Gasteiger partial charge in [-0.15, -0.1) is 0 Å². The number of ether oxygens (including phenoxy) is 1. The lowest BCUT2D eigenvalue weighted by Gasteiger charge is -2.28. The van der Waals surface area contributed by atoms with Crippen LogP contribution >= 0.6 is 0 Å². The summed E-state index contributed by atoms with van der Waals surface area (Å²) in [7, 11) is 0. The van der Waals surface area contributed by atoms with Gasteiger partial charge in [0, 0.05) is 24.2 Å². The van der Waals surface area contributed by atoms with Crippen molar-refractivity contribution in [1.29, 1.82) is 0 Å². The number of fused-ring (bicyclic) bond motifs is 2. The minimum absolute atomic E-state index is 0.150. The van der Waals surface area contributed by atoms with Crippen molar-refractivity contribution in [3.63, 3.8) is 0 Å². The van der Waals surface area contributed by atoms with Gasteiger partial charge in [-0.2, -0.15) is 4.39 Å². The van der Waals surface area contributed by atoms with Gasteiger partial charge in [-0.3, -0.25) is 0 Å². The molecule has 0 saturated carbocycles. The van der Waals surface area contributed by atoms with Crippen molar-refractivity contribution >= 4 is 6.09 Å². The highest BCUT2D eigenvalue weighted by Crippen LogP contribution is 2.47. The number of carbonyl (C=O) groups is 1. The van der Waals surface area contributed by atoms with E-state index in [0.29, 0.717) is 0 Å².